The third-order valence-electron chi connectivity index (χ3n) is 3.36. The third kappa shape index (κ3) is 3.31. The molecule has 0 amide bonds. The van der Waals surface area contributed by atoms with E-state index in [0.717, 1.165) is 26.2 Å². The van der Waals surface area contributed by atoms with Crippen molar-refractivity contribution in [3.8, 4) is 0 Å². The molecule has 17 heavy (non-hydrogen) atoms. The topological polar surface area (TPSA) is 43.4 Å². The number of ether oxygens (including phenoxy) is 1. The highest BCUT2D eigenvalue weighted by Crippen LogP contribution is 2.11. The zero-order chi connectivity index (χ0) is 12.3. The van der Waals surface area contributed by atoms with Gasteiger partial charge in [0.15, 0.2) is 0 Å². The van der Waals surface area contributed by atoms with Gasteiger partial charge in [-0.1, -0.05) is 0 Å². The van der Waals surface area contributed by atoms with Gasteiger partial charge in [0.05, 0.1) is 12.7 Å². The first-order chi connectivity index (χ1) is 8.19. The molecule has 2 N–H and O–H groups in total. The first-order valence-electron chi connectivity index (χ1n) is 6.39. The van der Waals surface area contributed by atoms with Gasteiger partial charge in [0, 0.05) is 44.6 Å². The Hall–Kier alpha value is -0.840. The molecule has 0 aromatic carbocycles. The molecule has 4 heteroatoms. The molecule has 96 valence electrons. The molecule has 0 spiro atoms. The highest BCUT2D eigenvalue weighted by atomic mass is 16.5. The van der Waals surface area contributed by atoms with Crippen molar-refractivity contribution in [1.29, 1.82) is 0 Å². The lowest BCUT2D eigenvalue weighted by Gasteiger charge is -2.35. The molecule has 1 fully saturated rings. The lowest BCUT2D eigenvalue weighted by molar-refractivity contribution is -0.0455. The molecule has 1 aliphatic heterocycles. The second-order valence-corrected chi connectivity index (χ2v) is 5.00. The molecule has 1 aromatic heterocycles. The van der Waals surface area contributed by atoms with Crippen LogP contribution in [0.3, 0.4) is 0 Å². The van der Waals surface area contributed by atoms with E-state index in [1.807, 2.05) is 0 Å². The zero-order valence-electron chi connectivity index (χ0n) is 10.8. The van der Waals surface area contributed by atoms with Crippen LogP contribution in [0.2, 0.25) is 0 Å². The Bertz CT molecular complexity index is 348. The van der Waals surface area contributed by atoms with Gasteiger partial charge in [-0.2, -0.15) is 0 Å². The fraction of sp³-hybridized carbons (Fsp3) is 0.692. The lowest BCUT2D eigenvalue weighted by Crippen LogP contribution is -2.47. The van der Waals surface area contributed by atoms with Gasteiger partial charge in [0.2, 0.25) is 0 Å². The molecule has 0 radical (unpaired) electrons. The van der Waals surface area contributed by atoms with Gasteiger partial charge in [-0.05, 0) is 25.5 Å². The number of nitrogens with zero attached hydrogens (tertiary/aromatic N) is 2. The highest BCUT2D eigenvalue weighted by Gasteiger charge is 2.22. The van der Waals surface area contributed by atoms with E-state index in [1.165, 1.54) is 5.56 Å². The predicted octanol–water partition coefficient (Wildman–Crippen LogP) is 1.06. The zero-order valence-corrected chi connectivity index (χ0v) is 10.8. The van der Waals surface area contributed by atoms with Gasteiger partial charge in [-0.25, -0.2) is 0 Å². The SMILES string of the molecule is CC(C)N1CCOC(Cn2ccc(CN)c2)C1. The summed E-state index contributed by atoms with van der Waals surface area (Å²) < 4.78 is 7.99. The van der Waals surface area contributed by atoms with Crippen LogP contribution in [0.1, 0.15) is 19.4 Å². The standard InChI is InChI=1S/C13H23N3O/c1-11(2)16-5-6-17-13(10-16)9-15-4-3-12(7-14)8-15/h3-4,8,11,13H,5-7,9-10,14H2,1-2H3. The number of morpholine rings is 1. The minimum Gasteiger partial charge on any atom is -0.374 e. The molecule has 2 heterocycles. The number of hydrogen-bond acceptors (Lipinski definition) is 3. The number of hydrogen-bond donors (Lipinski definition) is 1. The van der Waals surface area contributed by atoms with E-state index in [0.29, 0.717) is 18.7 Å². The summed E-state index contributed by atoms with van der Waals surface area (Å²) in [5.41, 5.74) is 6.79. The molecule has 1 aromatic rings. The number of aromatic nitrogens is 1. The second kappa shape index (κ2) is 5.67. The summed E-state index contributed by atoms with van der Waals surface area (Å²) >= 11 is 0. The van der Waals surface area contributed by atoms with Crippen LogP contribution in [0, 0.1) is 0 Å². The van der Waals surface area contributed by atoms with Gasteiger partial charge in [-0.15, -0.1) is 0 Å². The second-order valence-electron chi connectivity index (χ2n) is 5.00. The first kappa shape index (κ1) is 12.6. The van der Waals surface area contributed by atoms with Crippen LogP contribution in [0.4, 0.5) is 0 Å². The van der Waals surface area contributed by atoms with E-state index >= 15 is 0 Å². The summed E-state index contributed by atoms with van der Waals surface area (Å²) in [6.45, 7) is 8.92. The number of rotatable bonds is 4. The predicted molar refractivity (Wildman–Crippen MR) is 68.8 cm³/mol. The summed E-state index contributed by atoms with van der Waals surface area (Å²) in [7, 11) is 0. The quantitative estimate of drug-likeness (QED) is 0.851. The van der Waals surface area contributed by atoms with E-state index in [1.54, 1.807) is 0 Å². The maximum Gasteiger partial charge on any atom is 0.0881 e. The molecule has 1 saturated heterocycles. The summed E-state index contributed by atoms with van der Waals surface area (Å²) in [5, 5.41) is 0. The minimum atomic E-state index is 0.296. The third-order valence-corrected chi connectivity index (χ3v) is 3.36. The molecule has 0 saturated carbocycles. The van der Waals surface area contributed by atoms with Crippen molar-refractivity contribution in [3.05, 3.63) is 24.0 Å². The van der Waals surface area contributed by atoms with E-state index in [-0.39, 0.29) is 0 Å². The number of nitrogens with two attached hydrogens (primary N) is 1. The van der Waals surface area contributed by atoms with Gasteiger partial charge >= 0.3 is 0 Å². The molecule has 0 bridgehead atoms. The van der Waals surface area contributed by atoms with Crippen LogP contribution < -0.4 is 5.73 Å². The fourth-order valence-corrected chi connectivity index (χ4v) is 2.28. The Morgan fingerprint density at radius 1 is 1.53 bits per heavy atom. The molecular formula is C13H23N3O. The van der Waals surface area contributed by atoms with Gasteiger partial charge in [0.25, 0.3) is 0 Å². The molecular weight excluding hydrogens is 214 g/mol. The lowest BCUT2D eigenvalue weighted by atomic mass is 10.2. The van der Waals surface area contributed by atoms with E-state index in [9.17, 15) is 0 Å². The summed E-state index contributed by atoms with van der Waals surface area (Å²) in [6, 6.07) is 2.67. The van der Waals surface area contributed by atoms with Crippen LogP contribution >= 0.6 is 0 Å². The summed E-state index contributed by atoms with van der Waals surface area (Å²) in [6.07, 6.45) is 4.49. The largest absolute Gasteiger partial charge is 0.374 e. The van der Waals surface area contributed by atoms with Crippen molar-refractivity contribution in [2.24, 2.45) is 5.73 Å². The highest BCUT2D eigenvalue weighted by molar-refractivity contribution is 5.09. The molecule has 1 atom stereocenters. The van der Waals surface area contributed by atoms with E-state index < -0.39 is 0 Å². The molecule has 1 unspecified atom stereocenters. The van der Waals surface area contributed by atoms with Crippen molar-refractivity contribution >= 4 is 0 Å². The Balaban J connectivity index is 1.90. The summed E-state index contributed by atoms with van der Waals surface area (Å²) in [4.78, 5) is 2.47. The van der Waals surface area contributed by atoms with Gasteiger partial charge < -0.3 is 15.0 Å². The Morgan fingerprint density at radius 2 is 2.35 bits per heavy atom. The first-order valence-corrected chi connectivity index (χ1v) is 6.39. The normalized spacial score (nSPS) is 22.2. The fourth-order valence-electron chi connectivity index (χ4n) is 2.28. The van der Waals surface area contributed by atoms with Crippen LogP contribution in [-0.2, 0) is 17.8 Å². The van der Waals surface area contributed by atoms with Crippen LogP contribution in [0.15, 0.2) is 18.5 Å². The Labute approximate surface area is 103 Å². The summed E-state index contributed by atoms with van der Waals surface area (Å²) in [5.74, 6) is 0. The molecule has 1 aliphatic rings. The van der Waals surface area contributed by atoms with Crippen molar-refractivity contribution in [2.75, 3.05) is 19.7 Å². The van der Waals surface area contributed by atoms with E-state index in [2.05, 4.69) is 41.8 Å². The van der Waals surface area contributed by atoms with Crippen LogP contribution in [0.5, 0.6) is 0 Å². The van der Waals surface area contributed by atoms with Crippen molar-refractivity contribution < 1.29 is 4.74 Å². The average Bonchev–Trinajstić information content (AvgIpc) is 2.77. The van der Waals surface area contributed by atoms with Crippen molar-refractivity contribution in [2.45, 2.75) is 39.1 Å². The monoisotopic (exact) mass is 237 g/mol. The molecule has 0 aliphatic carbocycles. The van der Waals surface area contributed by atoms with Crippen molar-refractivity contribution in [1.82, 2.24) is 9.47 Å². The van der Waals surface area contributed by atoms with Gasteiger partial charge in [-0.3, -0.25) is 4.90 Å². The molecule has 4 nitrogen and oxygen atoms in total. The van der Waals surface area contributed by atoms with Crippen molar-refractivity contribution in [3.63, 3.8) is 0 Å². The maximum absolute atomic E-state index is 5.81. The Kier molecular flexibility index (Phi) is 4.20. The smallest absolute Gasteiger partial charge is 0.0881 e. The minimum absolute atomic E-state index is 0.296. The van der Waals surface area contributed by atoms with E-state index in [4.69, 9.17) is 10.5 Å². The Morgan fingerprint density at radius 3 is 3.00 bits per heavy atom. The van der Waals surface area contributed by atoms with Crippen LogP contribution in [0.25, 0.3) is 0 Å². The molecule has 2 rings (SSSR count). The average molecular weight is 237 g/mol. The van der Waals surface area contributed by atoms with Crippen LogP contribution in [-0.4, -0.2) is 41.3 Å². The van der Waals surface area contributed by atoms with Gasteiger partial charge in [0.1, 0.15) is 0 Å². The maximum atomic E-state index is 5.81.